The van der Waals surface area contributed by atoms with Crippen LogP contribution >= 0.6 is 11.6 Å². The lowest BCUT2D eigenvalue weighted by molar-refractivity contribution is 0.614. The van der Waals surface area contributed by atoms with Gasteiger partial charge in [0.05, 0.1) is 0 Å². The molecular weight excluding hydrogens is 192 g/mol. The number of rotatable bonds is 8. The van der Waals surface area contributed by atoms with Gasteiger partial charge in [0.15, 0.2) is 0 Å². The van der Waals surface area contributed by atoms with Crippen molar-refractivity contribution >= 4 is 11.6 Å². The second kappa shape index (κ2) is 12.8. The molecule has 1 heteroatoms. The lowest BCUT2D eigenvalue weighted by Gasteiger charge is -1.96. The summed E-state index contributed by atoms with van der Waals surface area (Å²) in [5.74, 6) is 7.10. The molecule has 0 aromatic rings. The van der Waals surface area contributed by atoms with Gasteiger partial charge in [-0.1, -0.05) is 39.0 Å². The maximum atomic E-state index is 5.54. The molecule has 0 fully saturated rings. The Morgan fingerprint density at radius 1 is 0.786 bits per heavy atom. The van der Waals surface area contributed by atoms with Crippen LogP contribution in [0.15, 0.2) is 0 Å². The fraction of sp³-hybridized carbons (Fsp3) is 0.846. The summed E-state index contributed by atoms with van der Waals surface area (Å²) in [6.07, 6.45) is 11.2. The Balaban J connectivity index is 2.99. The second-order valence-corrected chi connectivity index (χ2v) is 4.04. The predicted molar refractivity (Wildman–Crippen MR) is 65.7 cm³/mol. The average molecular weight is 215 g/mol. The minimum absolute atomic E-state index is 0.742. The number of halogens is 1. The first-order valence-corrected chi connectivity index (χ1v) is 6.47. The minimum Gasteiger partial charge on any atom is -0.127 e. The van der Waals surface area contributed by atoms with Crippen molar-refractivity contribution in [3.63, 3.8) is 0 Å². The zero-order valence-corrected chi connectivity index (χ0v) is 10.2. The third-order valence-electron chi connectivity index (χ3n) is 2.22. The number of unbranched alkanes of at least 4 members (excludes halogenated alkanes) is 7. The maximum Gasteiger partial charge on any atom is 0.0232 e. The summed E-state index contributed by atoms with van der Waals surface area (Å²) in [7, 11) is 0. The van der Waals surface area contributed by atoms with Gasteiger partial charge in [-0.25, -0.2) is 0 Å². The smallest absolute Gasteiger partial charge is 0.0232 e. The molecule has 0 aliphatic carbocycles. The zero-order valence-electron chi connectivity index (χ0n) is 9.45. The van der Waals surface area contributed by atoms with Crippen molar-refractivity contribution < 1.29 is 0 Å². The van der Waals surface area contributed by atoms with Crippen molar-refractivity contribution in [2.75, 3.05) is 5.88 Å². The van der Waals surface area contributed by atoms with Gasteiger partial charge in [-0.2, -0.15) is 0 Å². The van der Waals surface area contributed by atoms with Gasteiger partial charge in [0, 0.05) is 18.7 Å². The van der Waals surface area contributed by atoms with Crippen LogP contribution in [-0.4, -0.2) is 5.88 Å². The number of hydrogen-bond donors (Lipinski definition) is 0. The molecule has 0 nitrogen and oxygen atoms in total. The number of alkyl halides is 1. The van der Waals surface area contributed by atoms with E-state index in [-0.39, 0.29) is 0 Å². The van der Waals surface area contributed by atoms with Crippen LogP contribution < -0.4 is 0 Å². The first kappa shape index (κ1) is 13.8. The van der Waals surface area contributed by atoms with Crippen LogP contribution in [0.1, 0.15) is 64.7 Å². The van der Waals surface area contributed by atoms with Crippen LogP contribution in [0.2, 0.25) is 0 Å². The van der Waals surface area contributed by atoms with E-state index >= 15 is 0 Å². The van der Waals surface area contributed by atoms with Crippen LogP contribution in [-0.2, 0) is 0 Å². The predicted octanol–water partition coefficient (Wildman–Crippen LogP) is 4.76. The Labute approximate surface area is 94.4 Å². The van der Waals surface area contributed by atoms with Crippen molar-refractivity contribution in [1.82, 2.24) is 0 Å². The van der Waals surface area contributed by atoms with Crippen molar-refractivity contribution in [3.05, 3.63) is 0 Å². The molecule has 0 aliphatic rings. The first-order valence-electron chi connectivity index (χ1n) is 5.93. The Kier molecular flexibility index (Phi) is 12.7. The van der Waals surface area contributed by atoms with Gasteiger partial charge in [-0.15, -0.1) is 23.4 Å². The van der Waals surface area contributed by atoms with Crippen LogP contribution in [0, 0.1) is 11.8 Å². The van der Waals surface area contributed by atoms with Crippen LogP contribution in [0.25, 0.3) is 0 Å². The molecule has 0 saturated heterocycles. The summed E-state index contributed by atoms with van der Waals surface area (Å²) in [4.78, 5) is 0. The van der Waals surface area contributed by atoms with Crippen LogP contribution in [0.4, 0.5) is 0 Å². The second-order valence-electron chi connectivity index (χ2n) is 3.66. The van der Waals surface area contributed by atoms with Gasteiger partial charge >= 0.3 is 0 Å². The molecule has 0 bridgehead atoms. The maximum absolute atomic E-state index is 5.54. The average Bonchev–Trinajstić information content (AvgIpc) is 2.21. The third kappa shape index (κ3) is 11.8. The topological polar surface area (TPSA) is 0 Å². The molecule has 0 radical (unpaired) electrons. The Bertz CT molecular complexity index is 152. The molecular formula is C13H23Cl. The van der Waals surface area contributed by atoms with Gasteiger partial charge in [-0.05, 0) is 12.8 Å². The van der Waals surface area contributed by atoms with Gasteiger partial charge in [0.2, 0.25) is 0 Å². The summed E-state index contributed by atoms with van der Waals surface area (Å²) in [5, 5.41) is 0. The highest BCUT2D eigenvalue weighted by Gasteiger charge is 1.87. The van der Waals surface area contributed by atoms with E-state index in [0.717, 1.165) is 25.1 Å². The summed E-state index contributed by atoms with van der Waals surface area (Å²) < 4.78 is 0. The van der Waals surface area contributed by atoms with Gasteiger partial charge in [-0.3, -0.25) is 0 Å². The van der Waals surface area contributed by atoms with Crippen LogP contribution in [0.5, 0.6) is 0 Å². The lowest BCUT2D eigenvalue weighted by Crippen LogP contribution is -1.78. The molecule has 0 rings (SSSR count). The van der Waals surface area contributed by atoms with E-state index in [2.05, 4.69) is 18.8 Å². The first-order chi connectivity index (χ1) is 6.91. The van der Waals surface area contributed by atoms with Gasteiger partial charge in [0.1, 0.15) is 0 Å². The molecule has 0 aromatic carbocycles. The Morgan fingerprint density at radius 3 is 2.00 bits per heavy atom. The molecule has 82 valence electrons. The van der Waals surface area contributed by atoms with Crippen molar-refractivity contribution in [2.24, 2.45) is 0 Å². The highest BCUT2D eigenvalue weighted by Crippen LogP contribution is 2.06. The van der Waals surface area contributed by atoms with Gasteiger partial charge < -0.3 is 0 Å². The molecule has 0 heterocycles. The van der Waals surface area contributed by atoms with E-state index in [9.17, 15) is 0 Å². The quantitative estimate of drug-likeness (QED) is 0.311. The van der Waals surface area contributed by atoms with E-state index in [1.807, 2.05) is 0 Å². The molecule has 0 aromatic heterocycles. The standard InChI is InChI=1S/C13H23Cl/c1-2-3-4-5-6-7-8-9-10-11-12-13-14/h2-8,11-13H2,1H3. The van der Waals surface area contributed by atoms with E-state index in [0.29, 0.717) is 0 Å². The molecule has 0 unspecified atom stereocenters. The SMILES string of the molecule is CCCCCCCCC#CCCCCl. The molecule has 0 spiro atoms. The van der Waals surface area contributed by atoms with E-state index in [4.69, 9.17) is 11.6 Å². The number of hydrogen-bond acceptors (Lipinski definition) is 0. The van der Waals surface area contributed by atoms with E-state index < -0.39 is 0 Å². The fourth-order valence-electron chi connectivity index (χ4n) is 1.33. The highest BCUT2D eigenvalue weighted by atomic mass is 35.5. The van der Waals surface area contributed by atoms with Crippen molar-refractivity contribution in [3.8, 4) is 11.8 Å². The van der Waals surface area contributed by atoms with E-state index in [1.54, 1.807) is 0 Å². The fourth-order valence-corrected chi connectivity index (χ4v) is 1.46. The minimum atomic E-state index is 0.742. The summed E-state index contributed by atoms with van der Waals surface area (Å²) in [6, 6.07) is 0. The molecule has 0 aliphatic heterocycles. The van der Waals surface area contributed by atoms with Crippen LogP contribution in [0.3, 0.4) is 0 Å². The normalized spacial score (nSPS) is 9.57. The van der Waals surface area contributed by atoms with E-state index in [1.165, 1.54) is 38.5 Å². The van der Waals surface area contributed by atoms with Crippen molar-refractivity contribution in [2.45, 2.75) is 64.7 Å². The Morgan fingerprint density at radius 2 is 1.36 bits per heavy atom. The molecule has 14 heavy (non-hydrogen) atoms. The third-order valence-corrected chi connectivity index (χ3v) is 2.48. The molecule has 0 atom stereocenters. The molecule has 0 N–H and O–H groups in total. The zero-order chi connectivity index (χ0) is 10.5. The summed E-state index contributed by atoms with van der Waals surface area (Å²) >= 11 is 5.54. The van der Waals surface area contributed by atoms with Crippen molar-refractivity contribution in [1.29, 1.82) is 0 Å². The highest BCUT2D eigenvalue weighted by molar-refractivity contribution is 6.17. The van der Waals surface area contributed by atoms with Gasteiger partial charge in [0.25, 0.3) is 0 Å². The molecule has 0 saturated carbocycles. The summed E-state index contributed by atoms with van der Waals surface area (Å²) in [5.41, 5.74) is 0. The lowest BCUT2D eigenvalue weighted by atomic mass is 10.1. The monoisotopic (exact) mass is 214 g/mol. The Hall–Kier alpha value is -0.150. The summed E-state index contributed by atoms with van der Waals surface area (Å²) in [6.45, 7) is 2.25. The molecule has 0 amide bonds. The largest absolute Gasteiger partial charge is 0.127 e.